The number of hydrogen-bond acceptors (Lipinski definition) is 2. The SMILES string of the molecule is Cc1nn(C(C)C(=O)NC2CC2)c2ccccc12. The number of rotatable bonds is 3. The smallest absolute Gasteiger partial charge is 0.244 e. The summed E-state index contributed by atoms with van der Waals surface area (Å²) in [6.45, 7) is 3.88. The van der Waals surface area contributed by atoms with Crippen molar-refractivity contribution in [2.45, 2.75) is 38.8 Å². The number of hydrogen-bond donors (Lipinski definition) is 1. The molecule has 1 fully saturated rings. The van der Waals surface area contributed by atoms with E-state index in [2.05, 4.69) is 10.4 Å². The molecule has 1 atom stereocenters. The number of aromatic nitrogens is 2. The number of fused-ring (bicyclic) bond motifs is 1. The van der Waals surface area contributed by atoms with Crippen molar-refractivity contribution in [1.82, 2.24) is 15.1 Å². The second-order valence-corrected chi connectivity index (χ2v) is 5.01. The first kappa shape index (κ1) is 11.3. The molecule has 4 heteroatoms. The molecule has 1 heterocycles. The Kier molecular flexibility index (Phi) is 2.58. The van der Waals surface area contributed by atoms with Crippen LogP contribution in [0.3, 0.4) is 0 Å². The summed E-state index contributed by atoms with van der Waals surface area (Å²) < 4.78 is 1.82. The van der Waals surface area contributed by atoms with E-state index >= 15 is 0 Å². The summed E-state index contributed by atoms with van der Waals surface area (Å²) in [5.41, 5.74) is 1.99. The highest BCUT2D eigenvalue weighted by atomic mass is 16.2. The fourth-order valence-electron chi connectivity index (χ4n) is 2.20. The Morgan fingerprint density at radius 2 is 2.17 bits per heavy atom. The van der Waals surface area contributed by atoms with Crippen LogP contribution in [0, 0.1) is 6.92 Å². The third-order valence-electron chi connectivity index (χ3n) is 3.47. The second kappa shape index (κ2) is 4.12. The van der Waals surface area contributed by atoms with Crippen LogP contribution in [0.1, 0.15) is 31.5 Å². The largest absolute Gasteiger partial charge is 0.352 e. The van der Waals surface area contributed by atoms with E-state index in [1.54, 1.807) is 0 Å². The number of benzene rings is 1. The number of aryl methyl sites for hydroxylation is 1. The van der Waals surface area contributed by atoms with Gasteiger partial charge in [0.25, 0.3) is 0 Å². The molecule has 4 nitrogen and oxygen atoms in total. The molecule has 1 aromatic heterocycles. The lowest BCUT2D eigenvalue weighted by molar-refractivity contribution is -0.124. The second-order valence-electron chi connectivity index (χ2n) is 5.01. The van der Waals surface area contributed by atoms with E-state index in [4.69, 9.17) is 0 Å². The van der Waals surface area contributed by atoms with Crippen molar-refractivity contribution in [2.75, 3.05) is 0 Å². The van der Waals surface area contributed by atoms with Gasteiger partial charge in [-0.2, -0.15) is 5.10 Å². The van der Waals surface area contributed by atoms with Crippen LogP contribution in [0.2, 0.25) is 0 Å². The highest BCUT2D eigenvalue weighted by molar-refractivity contribution is 5.86. The molecule has 94 valence electrons. The van der Waals surface area contributed by atoms with E-state index in [0.717, 1.165) is 29.4 Å². The first-order chi connectivity index (χ1) is 8.66. The van der Waals surface area contributed by atoms with Crippen LogP contribution in [-0.2, 0) is 4.79 Å². The van der Waals surface area contributed by atoms with Gasteiger partial charge in [0, 0.05) is 11.4 Å². The van der Waals surface area contributed by atoms with Gasteiger partial charge in [0.05, 0.1) is 11.2 Å². The predicted molar refractivity (Wildman–Crippen MR) is 70.3 cm³/mol. The third-order valence-corrected chi connectivity index (χ3v) is 3.47. The monoisotopic (exact) mass is 243 g/mol. The van der Waals surface area contributed by atoms with Gasteiger partial charge in [0.2, 0.25) is 5.91 Å². The Bertz CT molecular complexity index is 598. The van der Waals surface area contributed by atoms with Gasteiger partial charge < -0.3 is 5.32 Å². The average molecular weight is 243 g/mol. The highest BCUT2D eigenvalue weighted by Gasteiger charge is 2.27. The van der Waals surface area contributed by atoms with Crippen LogP contribution in [0.4, 0.5) is 0 Å². The first-order valence-electron chi connectivity index (χ1n) is 6.41. The van der Waals surface area contributed by atoms with Crippen LogP contribution in [0.15, 0.2) is 24.3 Å². The summed E-state index contributed by atoms with van der Waals surface area (Å²) in [6.07, 6.45) is 2.22. The number of carbonyl (C=O) groups is 1. The average Bonchev–Trinajstić information content (AvgIpc) is 3.12. The molecule has 0 saturated heterocycles. The van der Waals surface area contributed by atoms with Crippen molar-refractivity contribution >= 4 is 16.8 Å². The maximum atomic E-state index is 12.1. The molecule has 0 aliphatic heterocycles. The van der Waals surface area contributed by atoms with E-state index in [-0.39, 0.29) is 11.9 Å². The molecule has 2 aromatic rings. The number of amides is 1. The fraction of sp³-hybridized carbons (Fsp3) is 0.429. The van der Waals surface area contributed by atoms with E-state index < -0.39 is 0 Å². The van der Waals surface area contributed by atoms with E-state index in [9.17, 15) is 4.79 Å². The zero-order valence-corrected chi connectivity index (χ0v) is 10.7. The van der Waals surface area contributed by atoms with Gasteiger partial charge in [0.15, 0.2) is 0 Å². The minimum absolute atomic E-state index is 0.0609. The fourth-order valence-corrected chi connectivity index (χ4v) is 2.20. The zero-order chi connectivity index (χ0) is 12.7. The lowest BCUT2D eigenvalue weighted by Gasteiger charge is -2.13. The molecule has 1 aromatic carbocycles. The number of nitrogens with zero attached hydrogens (tertiary/aromatic N) is 2. The Morgan fingerprint density at radius 1 is 1.44 bits per heavy atom. The molecule has 0 bridgehead atoms. The quantitative estimate of drug-likeness (QED) is 0.898. The van der Waals surface area contributed by atoms with E-state index in [0.29, 0.717) is 6.04 Å². The van der Waals surface area contributed by atoms with Crippen LogP contribution >= 0.6 is 0 Å². The molecule has 1 aliphatic rings. The molecule has 0 spiro atoms. The molecular formula is C14H17N3O. The molecule has 1 saturated carbocycles. The van der Waals surface area contributed by atoms with E-state index in [1.807, 2.05) is 42.8 Å². The summed E-state index contributed by atoms with van der Waals surface area (Å²) >= 11 is 0. The minimum Gasteiger partial charge on any atom is -0.352 e. The molecule has 1 amide bonds. The normalized spacial score (nSPS) is 16.8. The van der Waals surface area contributed by atoms with Crippen LogP contribution in [0.5, 0.6) is 0 Å². The molecule has 3 rings (SSSR count). The number of para-hydroxylation sites is 1. The molecule has 18 heavy (non-hydrogen) atoms. The lowest BCUT2D eigenvalue weighted by Crippen LogP contribution is -2.32. The van der Waals surface area contributed by atoms with Crippen LogP contribution in [-0.4, -0.2) is 21.7 Å². The number of carbonyl (C=O) groups excluding carboxylic acids is 1. The minimum atomic E-state index is -0.260. The maximum Gasteiger partial charge on any atom is 0.244 e. The zero-order valence-electron chi connectivity index (χ0n) is 10.7. The van der Waals surface area contributed by atoms with Gasteiger partial charge in [-0.1, -0.05) is 18.2 Å². The molecule has 1 N–H and O–H groups in total. The summed E-state index contributed by atoms with van der Waals surface area (Å²) in [7, 11) is 0. The van der Waals surface area contributed by atoms with Crippen molar-refractivity contribution < 1.29 is 4.79 Å². The number of nitrogens with one attached hydrogen (secondary N) is 1. The predicted octanol–water partition coefficient (Wildman–Crippen LogP) is 2.18. The standard InChI is InChI=1S/C14H17N3O/c1-9-12-5-3-4-6-13(12)17(16-9)10(2)14(18)15-11-7-8-11/h3-6,10-11H,7-8H2,1-2H3,(H,15,18). The van der Waals surface area contributed by atoms with Gasteiger partial charge in [-0.05, 0) is 32.8 Å². The Labute approximate surface area is 106 Å². The van der Waals surface area contributed by atoms with Gasteiger partial charge >= 0.3 is 0 Å². The summed E-state index contributed by atoms with van der Waals surface area (Å²) in [5, 5.41) is 8.63. The summed E-state index contributed by atoms with van der Waals surface area (Å²) in [5.74, 6) is 0.0609. The molecular weight excluding hydrogens is 226 g/mol. The summed E-state index contributed by atoms with van der Waals surface area (Å²) in [6, 6.07) is 8.16. The van der Waals surface area contributed by atoms with Gasteiger partial charge in [-0.3, -0.25) is 9.48 Å². The first-order valence-corrected chi connectivity index (χ1v) is 6.41. The maximum absolute atomic E-state index is 12.1. The Morgan fingerprint density at radius 3 is 2.89 bits per heavy atom. The van der Waals surface area contributed by atoms with Gasteiger partial charge in [-0.15, -0.1) is 0 Å². The third kappa shape index (κ3) is 1.88. The molecule has 1 unspecified atom stereocenters. The van der Waals surface area contributed by atoms with Crippen molar-refractivity contribution in [2.24, 2.45) is 0 Å². The highest BCUT2D eigenvalue weighted by Crippen LogP contribution is 2.23. The van der Waals surface area contributed by atoms with Gasteiger partial charge in [-0.25, -0.2) is 0 Å². The van der Waals surface area contributed by atoms with Crippen molar-refractivity contribution in [3.63, 3.8) is 0 Å². The van der Waals surface area contributed by atoms with Crippen LogP contribution < -0.4 is 5.32 Å². The topological polar surface area (TPSA) is 46.9 Å². The van der Waals surface area contributed by atoms with Crippen LogP contribution in [0.25, 0.3) is 10.9 Å². The Hall–Kier alpha value is -1.84. The molecule has 1 aliphatic carbocycles. The Balaban J connectivity index is 1.95. The van der Waals surface area contributed by atoms with Crippen molar-refractivity contribution in [1.29, 1.82) is 0 Å². The van der Waals surface area contributed by atoms with E-state index in [1.165, 1.54) is 0 Å². The van der Waals surface area contributed by atoms with Crippen molar-refractivity contribution in [3.8, 4) is 0 Å². The molecule has 0 radical (unpaired) electrons. The lowest BCUT2D eigenvalue weighted by atomic mass is 10.2. The van der Waals surface area contributed by atoms with Gasteiger partial charge in [0.1, 0.15) is 6.04 Å². The van der Waals surface area contributed by atoms with Crippen molar-refractivity contribution in [3.05, 3.63) is 30.0 Å². The summed E-state index contributed by atoms with van der Waals surface area (Å²) in [4.78, 5) is 12.1.